The molecule has 0 spiro atoms. The van der Waals surface area contributed by atoms with Crippen LogP contribution in [0.15, 0.2) is 60.7 Å². The van der Waals surface area contributed by atoms with Crippen molar-refractivity contribution in [2.75, 3.05) is 20.0 Å². The maximum absolute atomic E-state index is 12.5. The lowest BCUT2D eigenvalue weighted by atomic mass is 9.87. The van der Waals surface area contributed by atoms with Crippen LogP contribution in [0.3, 0.4) is 0 Å². The number of nitrogen functional groups attached to an aromatic ring is 1. The van der Waals surface area contributed by atoms with E-state index in [0.717, 1.165) is 27.4 Å². The smallest absolute Gasteiger partial charge is 0.309 e. The molecule has 12 heteroatoms. The zero-order valence-corrected chi connectivity index (χ0v) is 27.5. The number of aliphatic carboxylic acids is 1. The summed E-state index contributed by atoms with van der Waals surface area (Å²) in [4.78, 5) is 23.8. The van der Waals surface area contributed by atoms with E-state index in [2.05, 4.69) is 19.2 Å². The number of aromatic nitrogens is 4. The quantitative estimate of drug-likeness (QED) is 0.205. The molecule has 0 fully saturated rings. The van der Waals surface area contributed by atoms with Crippen molar-refractivity contribution < 1.29 is 24.2 Å². The number of Topliss-reactive ketones (excluding diaryl/α,β-unsaturated/α-hetero) is 1. The fourth-order valence-electron chi connectivity index (χ4n) is 3.48. The molecule has 0 saturated carbocycles. The summed E-state index contributed by atoms with van der Waals surface area (Å²) >= 11 is 2.50. The SMILES string of the molecule is COC(C)(C)C(C)C(=O)Cc1snnc1-c1ccccc1.COC(C)(C)C(C)C(=O)O.Nc1snnc1-c1ccccc1. The molecule has 0 aliphatic carbocycles. The first-order chi connectivity index (χ1) is 20.2. The first-order valence-corrected chi connectivity index (χ1v) is 15.2. The molecule has 2 atom stereocenters. The van der Waals surface area contributed by atoms with E-state index in [0.29, 0.717) is 11.4 Å². The Kier molecular flexibility index (Phi) is 13.5. The molecule has 2 unspecified atom stereocenters. The maximum Gasteiger partial charge on any atom is 0.309 e. The number of benzene rings is 2. The second kappa shape index (κ2) is 16.3. The highest BCUT2D eigenvalue weighted by atomic mass is 32.1. The molecule has 3 N–H and O–H groups in total. The van der Waals surface area contributed by atoms with E-state index < -0.39 is 23.1 Å². The Hall–Kier alpha value is -3.58. The van der Waals surface area contributed by atoms with Crippen molar-refractivity contribution >= 4 is 39.8 Å². The van der Waals surface area contributed by atoms with Crippen LogP contribution in [0.1, 0.15) is 46.4 Å². The first-order valence-electron chi connectivity index (χ1n) is 13.6. The van der Waals surface area contributed by atoms with Gasteiger partial charge in [-0.05, 0) is 46.2 Å². The van der Waals surface area contributed by atoms with Crippen LogP contribution in [0.5, 0.6) is 0 Å². The predicted molar refractivity (Wildman–Crippen MR) is 172 cm³/mol. The Labute approximate surface area is 261 Å². The van der Waals surface area contributed by atoms with Crippen LogP contribution in [-0.4, -0.2) is 61.5 Å². The summed E-state index contributed by atoms with van der Waals surface area (Å²) in [5.41, 5.74) is 8.21. The lowest BCUT2D eigenvalue weighted by Gasteiger charge is -2.29. The largest absolute Gasteiger partial charge is 0.481 e. The zero-order chi connectivity index (χ0) is 32.2. The molecule has 0 radical (unpaired) electrons. The van der Waals surface area contributed by atoms with Crippen LogP contribution in [0.2, 0.25) is 0 Å². The van der Waals surface area contributed by atoms with Crippen LogP contribution in [0, 0.1) is 11.8 Å². The van der Waals surface area contributed by atoms with Crippen molar-refractivity contribution in [2.45, 2.75) is 59.2 Å². The molecular weight excluding hydrogens is 587 g/mol. The number of nitrogens with two attached hydrogens (primary N) is 1. The second-order valence-corrected chi connectivity index (χ2v) is 12.4. The van der Waals surface area contributed by atoms with E-state index in [9.17, 15) is 9.59 Å². The molecule has 0 bridgehead atoms. The maximum atomic E-state index is 12.5. The Morgan fingerprint density at radius 2 is 1.23 bits per heavy atom. The molecule has 0 aliphatic heterocycles. The number of carbonyl (C=O) groups is 2. The van der Waals surface area contributed by atoms with Gasteiger partial charge in [0.25, 0.3) is 0 Å². The second-order valence-electron chi connectivity index (χ2n) is 10.8. The van der Waals surface area contributed by atoms with Crippen molar-refractivity contribution in [1.29, 1.82) is 0 Å². The number of carboxylic acids is 1. The Balaban J connectivity index is 0.000000248. The number of methoxy groups -OCH3 is 2. The van der Waals surface area contributed by atoms with Crippen LogP contribution in [0.25, 0.3) is 22.5 Å². The third-order valence-corrected chi connectivity index (χ3v) is 8.76. The van der Waals surface area contributed by atoms with E-state index in [1.165, 1.54) is 30.2 Å². The number of ketones is 1. The van der Waals surface area contributed by atoms with Gasteiger partial charge in [-0.1, -0.05) is 76.6 Å². The minimum absolute atomic E-state index is 0.144. The highest BCUT2D eigenvalue weighted by Crippen LogP contribution is 2.28. The fourth-order valence-corrected chi connectivity index (χ4v) is 4.61. The third-order valence-electron chi connectivity index (χ3n) is 7.49. The highest BCUT2D eigenvalue weighted by Gasteiger charge is 2.32. The van der Waals surface area contributed by atoms with Crippen LogP contribution in [-0.2, 0) is 25.5 Å². The van der Waals surface area contributed by atoms with Gasteiger partial charge in [-0.25, -0.2) is 0 Å². The summed E-state index contributed by atoms with van der Waals surface area (Å²) in [5.74, 6) is -1.34. The molecule has 43 heavy (non-hydrogen) atoms. The van der Waals surface area contributed by atoms with Crippen LogP contribution >= 0.6 is 23.1 Å². The van der Waals surface area contributed by atoms with Crippen molar-refractivity contribution in [2.24, 2.45) is 11.8 Å². The zero-order valence-electron chi connectivity index (χ0n) is 25.9. The van der Waals surface area contributed by atoms with Gasteiger partial charge in [-0.2, -0.15) is 0 Å². The number of anilines is 1. The van der Waals surface area contributed by atoms with Crippen molar-refractivity contribution in [3.8, 4) is 22.5 Å². The van der Waals surface area contributed by atoms with Crippen molar-refractivity contribution in [1.82, 2.24) is 19.2 Å². The molecule has 2 aromatic heterocycles. The molecule has 2 aromatic carbocycles. The van der Waals surface area contributed by atoms with Gasteiger partial charge in [0.1, 0.15) is 22.2 Å². The standard InChI is InChI=1S/C16H20N2O2S.C8H7N3S.C7H14O3/c1-11(16(2,3)20-4)13(19)10-14-15(17-18-21-14)12-8-6-5-7-9-12;9-8-7(10-11-12-8)6-4-2-1-3-5-6;1-5(6(8)9)7(2,3)10-4/h5-9,11H,10H2,1-4H3;1-5H,9H2;5H,1-4H3,(H,8,9). The van der Waals surface area contributed by atoms with Gasteiger partial charge in [0.05, 0.1) is 22.0 Å². The topological polar surface area (TPSA) is 150 Å². The van der Waals surface area contributed by atoms with E-state index in [4.69, 9.17) is 20.3 Å². The normalized spacial score (nSPS) is 12.7. The molecule has 0 saturated heterocycles. The lowest BCUT2D eigenvalue weighted by molar-refractivity contribution is -0.150. The fraction of sp³-hybridized carbons (Fsp3) is 0.419. The summed E-state index contributed by atoms with van der Waals surface area (Å²) in [6.45, 7) is 10.9. The minimum Gasteiger partial charge on any atom is -0.481 e. The van der Waals surface area contributed by atoms with E-state index in [-0.39, 0.29) is 11.7 Å². The number of nitrogens with zero attached hydrogens (tertiary/aromatic N) is 4. The van der Waals surface area contributed by atoms with Gasteiger partial charge in [0, 0.05) is 49.2 Å². The number of carbonyl (C=O) groups excluding carboxylic acids is 1. The van der Waals surface area contributed by atoms with Gasteiger partial charge in [0.2, 0.25) is 0 Å². The molecule has 4 aromatic rings. The molecule has 2 heterocycles. The summed E-state index contributed by atoms with van der Waals surface area (Å²) < 4.78 is 18.2. The molecule has 0 aliphatic rings. The van der Waals surface area contributed by atoms with Crippen molar-refractivity contribution in [3.63, 3.8) is 0 Å². The number of hydrogen-bond donors (Lipinski definition) is 2. The average molecular weight is 628 g/mol. The van der Waals surface area contributed by atoms with Gasteiger partial charge in [-0.15, -0.1) is 10.2 Å². The van der Waals surface area contributed by atoms with Gasteiger partial charge < -0.3 is 20.3 Å². The molecule has 10 nitrogen and oxygen atoms in total. The first kappa shape index (κ1) is 35.6. The molecule has 232 valence electrons. The predicted octanol–water partition coefficient (Wildman–Crippen LogP) is 6.30. The van der Waals surface area contributed by atoms with Crippen LogP contribution < -0.4 is 5.73 Å². The highest BCUT2D eigenvalue weighted by molar-refractivity contribution is 7.10. The number of rotatable bonds is 10. The summed E-state index contributed by atoms with van der Waals surface area (Å²) in [5, 5.41) is 17.3. The molecule has 4 rings (SSSR count). The van der Waals surface area contributed by atoms with E-state index >= 15 is 0 Å². The third kappa shape index (κ3) is 10.3. The number of carboxylic acid groups (broad SMARTS) is 1. The van der Waals surface area contributed by atoms with Gasteiger partial charge >= 0.3 is 5.97 Å². The number of hydrogen-bond acceptors (Lipinski definition) is 11. The Morgan fingerprint density at radius 1 is 0.791 bits per heavy atom. The van der Waals surface area contributed by atoms with Gasteiger partial charge in [0.15, 0.2) is 0 Å². The van der Waals surface area contributed by atoms with Crippen LogP contribution in [0.4, 0.5) is 5.00 Å². The molecule has 0 amide bonds. The minimum atomic E-state index is -0.827. The van der Waals surface area contributed by atoms with E-state index in [1.807, 2.05) is 81.4 Å². The number of ether oxygens (including phenoxy) is 2. The average Bonchev–Trinajstić information content (AvgIpc) is 3.66. The van der Waals surface area contributed by atoms with Gasteiger partial charge in [-0.3, -0.25) is 9.59 Å². The Bertz CT molecular complexity index is 1420. The summed E-state index contributed by atoms with van der Waals surface area (Å²) in [6.07, 6.45) is 0.343. The monoisotopic (exact) mass is 627 g/mol. The lowest BCUT2D eigenvalue weighted by Crippen LogP contribution is -2.37. The molecular formula is C31H41N5O5S2. The van der Waals surface area contributed by atoms with Crippen molar-refractivity contribution in [3.05, 3.63) is 65.5 Å². The summed E-state index contributed by atoms with van der Waals surface area (Å²) in [7, 11) is 3.15. The van der Waals surface area contributed by atoms with E-state index in [1.54, 1.807) is 27.9 Å². The summed E-state index contributed by atoms with van der Waals surface area (Å²) in [6, 6.07) is 19.6. The Morgan fingerprint density at radius 3 is 1.65 bits per heavy atom.